The number of hydrazone groups is 1. The summed E-state index contributed by atoms with van der Waals surface area (Å²) in [5, 5.41) is 5.07. The van der Waals surface area contributed by atoms with Gasteiger partial charge >= 0.3 is 0 Å². The Hall–Kier alpha value is -2.80. The van der Waals surface area contributed by atoms with E-state index in [0.717, 1.165) is 11.1 Å². The normalized spacial score (nSPS) is 11.1. The third kappa shape index (κ3) is 6.85. The van der Waals surface area contributed by atoms with Crippen molar-refractivity contribution in [2.24, 2.45) is 5.10 Å². The van der Waals surface area contributed by atoms with Gasteiger partial charge < -0.3 is 9.47 Å². The molecule has 0 aliphatic carbocycles. The van der Waals surface area contributed by atoms with Gasteiger partial charge in [0.1, 0.15) is 6.61 Å². The highest BCUT2D eigenvalue weighted by Gasteiger charge is 2.12. The largest absolute Gasteiger partial charge is 0.493 e. The lowest BCUT2D eigenvalue weighted by atomic mass is 10.2. The van der Waals surface area contributed by atoms with E-state index in [1.807, 2.05) is 30.3 Å². The fourth-order valence-corrected chi connectivity index (χ4v) is 3.72. The first-order valence-corrected chi connectivity index (χ1v) is 11.0. The molecule has 3 aromatic rings. The average molecular weight is 534 g/mol. The van der Waals surface area contributed by atoms with Crippen LogP contribution in [0, 0.1) is 0 Å². The number of carbonyl (C=O) groups is 1. The lowest BCUT2D eigenvalue weighted by Gasteiger charge is -2.14. The maximum Gasteiger partial charge on any atom is 0.264 e. The van der Waals surface area contributed by atoms with Gasteiger partial charge in [-0.15, -0.1) is 0 Å². The molecule has 32 heavy (non-hydrogen) atoms. The molecular weight excluding hydrogens is 515 g/mol. The molecule has 3 aromatic carbocycles. The number of hydrogen-bond acceptors (Lipinski definition) is 4. The number of amides is 1. The van der Waals surface area contributed by atoms with Crippen molar-refractivity contribution >= 4 is 57.3 Å². The van der Waals surface area contributed by atoms with Crippen molar-refractivity contribution < 1.29 is 14.3 Å². The van der Waals surface area contributed by atoms with Crippen molar-refractivity contribution in [1.29, 1.82) is 0 Å². The first kappa shape index (κ1) is 23.9. The molecule has 0 fully saturated rings. The maximum atomic E-state index is 11.9. The van der Waals surface area contributed by atoms with Gasteiger partial charge in [0.15, 0.2) is 11.5 Å². The Morgan fingerprint density at radius 3 is 2.59 bits per heavy atom. The van der Waals surface area contributed by atoms with E-state index in [2.05, 4.69) is 26.5 Å². The predicted octanol–water partition coefficient (Wildman–Crippen LogP) is 6.51. The lowest BCUT2D eigenvalue weighted by molar-refractivity contribution is -0.116. The van der Waals surface area contributed by atoms with E-state index in [0.29, 0.717) is 31.6 Å². The third-order valence-electron chi connectivity index (χ3n) is 4.25. The molecule has 0 heterocycles. The summed E-state index contributed by atoms with van der Waals surface area (Å²) in [5.74, 6) is 0.683. The molecule has 0 saturated heterocycles. The van der Waals surface area contributed by atoms with Crippen LogP contribution in [0.3, 0.4) is 0 Å². The van der Waals surface area contributed by atoms with E-state index in [1.54, 1.807) is 43.5 Å². The van der Waals surface area contributed by atoms with Crippen molar-refractivity contribution in [2.45, 2.75) is 6.61 Å². The van der Waals surface area contributed by atoms with Crippen LogP contribution in [0.15, 0.2) is 76.3 Å². The number of carbonyl (C=O) groups excluding carboxylic acids is 1. The summed E-state index contributed by atoms with van der Waals surface area (Å²) in [4.78, 5) is 11.9. The van der Waals surface area contributed by atoms with Gasteiger partial charge in [-0.1, -0.05) is 59.6 Å². The summed E-state index contributed by atoms with van der Waals surface area (Å²) in [7, 11) is 1.54. The predicted molar refractivity (Wildman–Crippen MR) is 133 cm³/mol. The third-order valence-corrected chi connectivity index (χ3v) is 5.43. The van der Waals surface area contributed by atoms with Gasteiger partial charge in [0.25, 0.3) is 5.91 Å². The Balaban J connectivity index is 1.64. The van der Waals surface area contributed by atoms with Gasteiger partial charge in [-0.2, -0.15) is 5.10 Å². The van der Waals surface area contributed by atoms with Crippen molar-refractivity contribution in [3.05, 3.63) is 97.9 Å². The minimum absolute atomic E-state index is 0.238. The first-order valence-electron chi connectivity index (χ1n) is 9.46. The quantitative estimate of drug-likeness (QED) is 0.204. The van der Waals surface area contributed by atoms with Crippen LogP contribution in [0.2, 0.25) is 10.0 Å². The van der Waals surface area contributed by atoms with E-state index >= 15 is 0 Å². The minimum Gasteiger partial charge on any atom is -0.493 e. The molecule has 0 aliphatic heterocycles. The smallest absolute Gasteiger partial charge is 0.264 e. The summed E-state index contributed by atoms with van der Waals surface area (Å²) in [6.07, 6.45) is 4.65. The monoisotopic (exact) mass is 532 g/mol. The van der Waals surface area contributed by atoms with E-state index < -0.39 is 0 Å². The fourth-order valence-electron chi connectivity index (χ4n) is 2.69. The first-order chi connectivity index (χ1) is 15.5. The average Bonchev–Trinajstić information content (AvgIpc) is 2.78. The molecule has 8 heteroatoms. The van der Waals surface area contributed by atoms with Crippen LogP contribution >= 0.6 is 39.1 Å². The molecule has 0 aromatic heterocycles. The minimum atomic E-state index is -0.337. The molecule has 1 amide bonds. The van der Waals surface area contributed by atoms with E-state index in [9.17, 15) is 4.79 Å². The molecule has 0 aliphatic rings. The van der Waals surface area contributed by atoms with Crippen LogP contribution in [-0.4, -0.2) is 19.2 Å². The van der Waals surface area contributed by atoms with Gasteiger partial charge in [0.2, 0.25) is 0 Å². The highest BCUT2D eigenvalue weighted by molar-refractivity contribution is 9.10. The number of nitrogens with one attached hydrogen (secondary N) is 1. The van der Waals surface area contributed by atoms with Crippen molar-refractivity contribution in [3.8, 4) is 11.5 Å². The van der Waals surface area contributed by atoms with Crippen LogP contribution in [0.1, 0.15) is 16.7 Å². The van der Waals surface area contributed by atoms with E-state index in [1.165, 1.54) is 12.3 Å². The fraction of sp³-hybridized carbons (Fsp3) is 0.0833. The number of benzene rings is 3. The molecule has 3 rings (SSSR count). The summed E-state index contributed by atoms with van der Waals surface area (Å²) >= 11 is 15.6. The number of hydrogen-bond donors (Lipinski definition) is 1. The SMILES string of the molecule is COc1cc(/C=N\NC(=O)/C=C/c2ccccc2)cc(Br)c1OCc1ccc(Cl)cc1Cl. The number of halogens is 3. The molecule has 0 spiro atoms. The number of ether oxygens (including phenoxy) is 2. The molecule has 0 unspecified atom stereocenters. The highest BCUT2D eigenvalue weighted by atomic mass is 79.9. The van der Waals surface area contributed by atoms with Gasteiger partial charge in [-0.05, 0) is 57.4 Å². The van der Waals surface area contributed by atoms with Crippen LogP contribution in [-0.2, 0) is 11.4 Å². The summed E-state index contributed by atoms with van der Waals surface area (Å²) in [5.41, 5.74) is 4.89. The molecule has 0 radical (unpaired) electrons. The molecular formula is C24H19BrCl2N2O3. The zero-order chi connectivity index (χ0) is 22.9. The van der Waals surface area contributed by atoms with Crippen molar-refractivity contribution in [1.82, 2.24) is 5.43 Å². The standard InChI is InChI=1S/C24H19BrCl2N2O3/c1-31-22-12-17(14-28-29-23(30)10-7-16-5-3-2-4-6-16)11-20(25)24(22)32-15-18-8-9-19(26)13-21(18)27/h2-14H,15H2,1H3,(H,29,30)/b10-7+,28-14-. The van der Waals surface area contributed by atoms with Crippen molar-refractivity contribution in [3.63, 3.8) is 0 Å². The summed E-state index contributed by atoms with van der Waals surface area (Å²) in [6, 6.07) is 18.3. The number of nitrogens with zero attached hydrogens (tertiary/aromatic N) is 1. The molecule has 164 valence electrons. The van der Waals surface area contributed by atoms with Crippen LogP contribution in [0.5, 0.6) is 11.5 Å². The highest BCUT2D eigenvalue weighted by Crippen LogP contribution is 2.37. The zero-order valence-electron chi connectivity index (χ0n) is 17.0. The summed E-state index contributed by atoms with van der Waals surface area (Å²) in [6.45, 7) is 0.238. The van der Waals surface area contributed by atoms with Crippen LogP contribution in [0.25, 0.3) is 6.08 Å². The van der Waals surface area contributed by atoms with Crippen molar-refractivity contribution in [2.75, 3.05) is 7.11 Å². The van der Waals surface area contributed by atoms with E-state index in [-0.39, 0.29) is 12.5 Å². The molecule has 0 saturated carbocycles. The molecule has 5 nitrogen and oxygen atoms in total. The van der Waals surface area contributed by atoms with Gasteiger partial charge in [-0.3, -0.25) is 4.79 Å². The van der Waals surface area contributed by atoms with Crippen LogP contribution in [0.4, 0.5) is 0 Å². The second-order valence-electron chi connectivity index (χ2n) is 6.54. The van der Waals surface area contributed by atoms with Crippen LogP contribution < -0.4 is 14.9 Å². The van der Waals surface area contributed by atoms with Gasteiger partial charge in [0.05, 0.1) is 17.8 Å². The molecule has 0 bridgehead atoms. The number of rotatable bonds is 8. The number of methoxy groups -OCH3 is 1. The Bertz CT molecular complexity index is 1150. The second kappa shape index (κ2) is 11.7. The lowest BCUT2D eigenvalue weighted by Crippen LogP contribution is -2.14. The summed E-state index contributed by atoms with van der Waals surface area (Å²) < 4.78 is 12.0. The molecule has 1 N–H and O–H groups in total. The van der Waals surface area contributed by atoms with Gasteiger partial charge in [-0.25, -0.2) is 5.43 Å². The maximum absolute atomic E-state index is 11.9. The topological polar surface area (TPSA) is 59.9 Å². The Labute approximate surface area is 204 Å². The second-order valence-corrected chi connectivity index (χ2v) is 8.23. The Kier molecular flexibility index (Phi) is 8.73. The molecule has 0 atom stereocenters. The van der Waals surface area contributed by atoms with E-state index in [4.69, 9.17) is 32.7 Å². The Morgan fingerprint density at radius 2 is 1.88 bits per heavy atom. The Morgan fingerprint density at radius 1 is 1.09 bits per heavy atom. The van der Waals surface area contributed by atoms with Gasteiger partial charge in [0, 0.05) is 21.7 Å². The zero-order valence-corrected chi connectivity index (χ0v) is 20.1.